The minimum Gasteiger partial charge on any atom is -0.359 e. The van der Waals surface area contributed by atoms with E-state index >= 15 is 0 Å². The van der Waals surface area contributed by atoms with Crippen LogP contribution in [0.1, 0.15) is 77.0 Å². The number of nitrogens with one attached hydrogen (secondary N) is 2. The zero-order valence-electron chi connectivity index (χ0n) is 21.0. The standard InChI is InChI=1S/C28H42N4O2/c1-31(25(33)27-10-17-3-18(11-27)5-19(4-17)12-27)23-9-24(30-16-29-23)32(2)26(34)28-13-20-6-21(14-28)8-22(7-20)15-28/h9,17-23,29-30H,3-8,10-16H2,1-2H3. The number of carbonyl (C=O) groups excluding carboxylic acids is 2. The number of hydrogen-bond acceptors (Lipinski definition) is 4. The second-order valence-corrected chi connectivity index (χ2v) is 13.7. The van der Waals surface area contributed by atoms with Gasteiger partial charge >= 0.3 is 0 Å². The molecule has 2 amide bonds. The van der Waals surface area contributed by atoms with Gasteiger partial charge in [0.1, 0.15) is 12.0 Å². The lowest BCUT2D eigenvalue weighted by Crippen LogP contribution is -2.60. The molecule has 1 unspecified atom stereocenters. The largest absolute Gasteiger partial charge is 0.359 e. The van der Waals surface area contributed by atoms with Crippen molar-refractivity contribution in [1.29, 1.82) is 0 Å². The van der Waals surface area contributed by atoms with Crippen molar-refractivity contribution in [3.05, 3.63) is 11.9 Å². The van der Waals surface area contributed by atoms with E-state index in [1.807, 2.05) is 23.9 Å². The molecule has 0 spiro atoms. The Morgan fingerprint density at radius 1 is 0.735 bits per heavy atom. The number of hydrogen-bond donors (Lipinski definition) is 2. The van der Waals surface area contributed by atoms with Crippen LogP contribution in [0.5, 0.6) is 0 Å². The molecular weight excluding hydrogens is 424 g/mol. The summed E-state index contributed by atoms with van der Waals surface area (Å²) in [7, 11) is 3.92. The average Bonchev–Trinajstić information content (AvgIpc) is 2.80. The molecule has 8 aliphatic carbocycles. The lowest BCUT2D eigenvalue weighted by molar-refractivity contribution is -0.158. The van der Waals surface area contributed by atoms with Crippen LogP contribution in [0, 0.1) is 46.3 Å². The second-order valence-electron chi connectivity index (χ2n) is 13.7. The molecule has 0 aromatic rings. The van der Waals surface area contributed by atoms with Gasteiger partial charge in [0.2, 0.25) is 11.8 Å². The summed E-state index contributed by atoms with van der Waals surface area (Å²) >= 11 is 0. The first kappa shape index (κ1) is 21.7. The van der Waals surface area contributed by atoms with Crippen molar-refractivity contribution in [2.24, 2.45) is 46.3 Å². The highest BCUT2D eigenvalue weighted by Crippen LogP contribution is 2.61. The van der Waals surface area contributed by atoms with Crippen LogP contribution in [0.25, 0.3) is 0 Å². The zero-order valence-corrected chi connectivity index (χ0v) is 21.0. The molecule has 8 saturated carbocycles. The highest BCUT2D eigenvalue weighted by molar-refractivity contribution is 5.85. The van der Waals surface area contributed by atoms with Crippen LogP contribution in [0.2, 0.25) is 0 Å². The SMILES string of the molecule is CN(C(=O)C12CC3CC(CC(C3)C1)C2)C1=CC(N(C)C(=O)C23CC4CC(CC(C4)C2)C3)NCN1. The fourth-order valence-corrected chi connectivity index (χ4v) is 10.7. The monoisotopic (exact) mass is 466 g/mol. The fraction of sp³-hybridized carbons (Fsp3) is 0.857. The summed E-state index contributed by atoms with van der Waals surface area (Å²) in [6.45, 7) is 0.577. The van der Waals surface area contributed by atoms with Crippen molar-refractivity contribution in [3.8, 4) is 0 Å². The highest BCUT2D eigenvalue weighted by atomic mass is 16.2. The molecule has 0 radical (unpaired) electrons. The second kappa shape index (κ2) is 7.47. The smallest absolute Gasteiger partial charge is 0.234 e. The van der Waals surface area contributed by atoms with Crippen molar-refractivity contribution in [2.75, 3.05) is 20.8 Å². The zero-order chi connectivity index (χ0) is 23.2. The van der Waals surface area contributed by atoms with Crippen LogP contribution in [-0.4, -0.2) is 48.5 Å². The Morgan fingerprint density at radius 2 is 1.15 bits per heavy atom. The molecule has 1 heterocycles. The Hall–Kier alpha value is -1.56. The molecule has 0 aromatic heterocycles. The maximum Gasteiger partial charge on any atom is 0.234 e. The number of carbonyl (C=O) groups is 2. The van der Waals surface area contributed by atoms with Crippen LogP contribution in [0.3, 0.4) is 0 Å². The van der Waals surface area contributed by atoms with Crippen LogP contribution >= 0.6 is 0 Å². The first-order valence-corrected chi connectivity index (χ1v) is 14.1. The van der Waals surface area contributed by atoms with Gasteiger partial charge in [-0.1, -0.05) is 0 Å². The Bertz CT molecular complexity index is 855. The first-order valence-electron chi connectivity index (χ1n) is 14.1. The van der Waals surface area contributed by atoms with Crippen molar-refractivity contribution >= 4 is 11.8 Å². The third-order valence-electron chi connectivity index (χ3n) is 11.3. The molecule has 1 aliphatic heterocycles. The summed E-state index contributed by atoms with van der Waals surface area (Å²) in [5.41, 5.74) is -0.279. The molecule has 6 heteroatoms. The van der Waals surface area contributed by atoms with Crippen molar-refractivity contribution in [2.45, 2.75) is 83.2 Å². The Kier molecular flexibility index (Phi) is 4.77. The van der Waals surface area contributed by atoms with Gasteiger partial charge < -0.3 is 15.1 Å². The lowest BCUT2D eigenvalue weighted by Gasteiger charge is -2.57. The summed E-state index contributed by atoms with van der Waals surface area (Å²) < 4.78 is 0. The molecular formula is C28H42N4O2. The van der Waals surface area contributed by atoms with Gasteiger partial charge in [0.05, 0.1) is 17.5 Å². The molecule has 1 atom stereocenters. The van der Waals surface area contributed by atoms with Crippen LogP contribution in [0.4, 0.5) is 0 Å². The molecule has 34 heavy (non-hydrogen) atoms. The van der Waals surface area contributed by atoms with E-state index in [1.54, 1.807) is 0 Å². The van der Waals surface area contributed by atoms with Gasteiger partial charge in [-0.25, -0.2) is 0 Å². The van der Waals surface area contributed by atoms with E-state index in [1.165, 1.54) is 38.5 Å². The van der Waals surface area contributed by atoms with E-state index in [-0.39, 0.29) is 17.0 Å². The summed E-state index contributed by atoms with van der Waals surface area (Å²) in [4.78, 5) is 31.6. The van der Waals surface area contributed by atoms with Gasteiger partial charge in [-0.05, 0) is 119 Å². The maximum atomic E-state index is 13.9. The van der Waals surface area contributed by atoms with Crippen molar-refractivity contribution in [1.82, 2.24) is 20.4 Å². The van der Waals surface area contributed by atoms with Crippen LogP contribution in [0.15, 0.2) is 11.9 Å². The summed E-state index contributed by atoms with van der Waals surface area (Å²) in [5, 5.41) is 6.88. The van der Waals surface area contributed by atoms with Crippen molar-refractivity contribution < 1.29 is 9.59 Å². The quantitative estimate of drug-likeness (QED) is 0.664. The van der Waals surface area contributed by atoms with E-state index in [0.29, 0.717) is 18.5 Å². The summed E-state index contributed by atoms with van der Waals surface area (Å²) in [6.07, 6.45) is 16.5. The molecule has 186 valence electrons. The average molecular weight is 467 g/mol. The molecule has 6 nitrogen and oxygen atoms in total. The molecule has 8 bridgehead atoms. The molecule has 0 aromatic carbocycles. The van der Waals surface area contributed by atoms with Gasteiger partial charge in [0.15, 0.2) is 0 Å². The number of nitrogens with zero attached hydrogens (tertiary/aromatic N) is 2. The minimum absolute atomic E-state index is 0.134. The Morgan fingerprint density at radius 3 is 1.59 bits per heavy atom. The van der Waals surface area contributed by atoms with Gasteiger partial charge in [0, 0.05) is 14.1 Å². The van der Waals surface area contributed by atoms with Gasteiger partial charge in [0.25, 0.3) is 0 Å². The first-order chi connectivity index (χ1) is 16.3. The van der Waals surface area contributed by atoms with Gasteiger partial charge in [-0.2, -0.15) is 0 Å². The van der Waals surface area contributed by atoms with Crippen LogP contribution in [-0.2, 0) is 9.59 Å². The van der Waals surface area contributed by atoms with E-state index < -0.39 is 0 Å². The normalized spacial score (nSPS) is 47.8. The predicted octanol–water partition coefficient (Wildman–Crippen LogP) is 3.65. The predicted molar refractivity (Wildman–Crippen MR) is 130 cm³/mol. The molecule has 9 rings (SSSR count). The molecule has 2 N–H and O–H groups in total. The number of rotatable bonds is 4. The minimum atomic E-state index is -0.164. The van der Waals surface area contributed by atoms with Gasteiger partial charge in [-0.3, -0.25) is 14.9 Å². The molecule has 0 saturated heterocycles. The third kappa shape index (κ3) is 3.23. The Labute approximate surface area is 204 Å². The molecule has 9 aliphatic rings. The van der Waals surface area contributed by atoms with Crippen molar-refractivity contribution in [3.63, 3.8) is 0 Å². The third-order valence-corrected chi connectivity index (χ3v) is 11.3. The summed E-state index contributed by atoms with van der Waals surface area (Å²) in [6, 6.07) is 0. The lowest BCUT2D eigenvalue weighted by atomic mass is 9.49. The van der Waals surface area contributed by atoms with E-state index in [0.717, 1.165) is 79.9 Å². The highest BCUT2D eigenvalue weighted by Gasteiger charge is 2.57. The van der Waals surface area contributed by atoms with E-state index in [9.17, 15) is 9.59 Å². The Balaban J connectivity index is 1.09. The fourth-order valence-electron chi connectivity index (χ4n) is 10.7. The van der Waals surface area contributed by atoms with E-state index in [4.69, 9.17) is 0 Å². The van der Waals surface area contributed by atoms with E-state index in [2.05, 4.69) is 16.7 Å². The maximum absolute atomic E-state index is 13.9. The molecule has 8 fully saturated rings. The topological polar surface area (TPSA) is 64.7 Å². The van der Waals surface area contributed by atoms with Crippen LogP contribution < -0.4 is 10.6 Å². The number of likely N-dealkylation sites (N-methyl/N-ethyl adjacent to an activating group) is 1. The summed E-state index contributed by atoms with van der Waals surface area (Å²) in [5.74, 6) is 6.08. The van der Waals surface area contributed by atoms with Gasteiger partial charge in [-0.15, -0.1) is 0 Å². The number of amides is 2.